The molecule has 1 aromatic heterocycles. The van der Waals surface area contributed by atoms with Gasteiger partial charge in [-0.05, 0) is 63.9 Å². The Balaban J connectivity index is 1.62. The van der Waals surface area contributed by atoms with Gasteiger partial charge in [-0.25, -0.2) is 0 Å². The summed E-state index contributed by atoms with van der Waals surface area (Å²) in [5.41, 5.74) is 4.68. The lowest BCUT2D eigenvalue weighted by molar-refractivity contribution is 0.0780. The molecule has 1 aliphatic heterocycles. The van der Waals surface area contributed by atoms with Gasteiger partial charge in [0, 0.05) is 30.7 Å². The summed E-state index contributed by atoms with van der Waals surface area (Å²) in [5, 5.41) is 0. The summed E-state index contributed by atoms with van der Waals surface area (Å²) in [4.78, 5) is 32.8. The number of aromatic amines is 1. The lowest BCUT2D eigenvalue weighted by Gasteiger charge is -2.25. The predicted octanol–water partition coefficient (Wildman–Crippen LogP) is 2.73. The van der Waals surface area contributed by atoms with E-state index in [1.54, 1.807) is 0 Å². The zero-order valence-corrected chi connectivity index (χ0v) is 17.0. The highest BCUT2D eigenvalue weighted by Crippen LogP contribution is 2.31. The van der Waals surface area contributed by atoms with E-state index in [2.05, 4.69) is 55.2 Å². The minimum absolute atomic E-state index is 0.143. The number of carbonyl (C=O) groups is 1. The molecule has 0 unspecified atom stereocenters. The summed E-state index contributed by atoms with van der Waals surface area (Å²) < 4.78 is 0. The molecular formula is C23H29N3O2. The van der Waals surface area contributed by atoms with Gasteiger partial charge in [0.25, 0.3) is 11.5 Å². The third-order valence-electron chi connectivity index (χ3n) is 6.31. The van der Waals surface area contributed by atoms with Crippen LogP contribution in [0.3, 0.4) is 0 Å². The van der Waals surface area contributed by atoms with Gasteiger partial charge in [-0.15, -0.1) is 0 Å². The van der Waals surface area contributed by atoms with Crippen molar-refractivity contribution in [2.75, 3.05) is 27.2 Å². The molecular weight excluding hydrogens is 350 g/mol. The summed E-state index contributed by atoms with van der Waals surface area (Å²) in [6.45, 7) is 3.36. The van der Waals surface area contributed by atoms with Crippen LogP contribution in [-0.2, 0) is 12.8 Å². The van der Waals surface area contributed by atoms with Gasteiger partial charge in [0.1, 0.15) is 5.56 Å². The van der Waals surface area contributed by atoms with Gasteiger partial charge in [-0.3, -0.25) is 9.59 Å². The van der Waals surface area contributed by atoms with E-state index in [4.69, 9.17) is 0 Å². The predicted molar refractivity (Wildman–Crippen MR) is 111 cm³/mol. The van der Waals surface area contributed by atoms with Crippen LogP contribution in [-0.4, -0.2) is 53.9 Å². The number of benzene rings is 1. The molecule has 0 bridgehead atoms. The first kappa shape index (κ1) is 18.9. The number of aromatic nitrogens is 1. The summed E-state index contributed by atoms with van der Waals surface area (Å²) >= 11 is 0. The number of hydrogen-bond acceptors (Lipinski definition) is 3. The molecule has 0 radical (unpaired) electrons. The van der Waals surface area contributed by atoms with Crippen molar-refractivity contribution >= 4 is 5.91 Å². The first-order valence-corrected chi connectivity index (χ1v) is 10.2. The molecule has 1 N–H and O–H groups in total. The van der Waals surface area contributed by atoms with Crippen LogP contribution in [0.5, 0.6) is 0 Å². The van der Waals surface area contributed by atoms with Gasteiger partial charge in [0.15, 0.2) is 0 Å². The molecule has 4 rings (SSSR count). The van der Waals surface area contributed by atoms with E-state index >= 15 is 0 Å². The van der Waals surface area contributed by atoms with E-state index in [-0.39, 0.29) is 23.4 Å². The molecule has 1 fully saturated rings. The second-order valence-electron chi connectivity index (χ2n) is 8.48. The maximum Gasteiger partial charge on any atom is 0.261 e. The fraction of sp³-hybridized carbons (Fsp3) is 0.478. The molecule has 5 nitrogen and oxygen atoms in total. The molecule has 2 heterocycles. The van der Waals surface area contributed by atoms with Crippen molar-refractivity contribution in [1.82, 2.24) is 14.8 Å². The number of aryl methyl sites for hydroxylation is 3. The molecule has 2 aliphatic rings. The van der Waals surface area contributed by atoms with E-state index in [0.29, 0.717) is 18.7 Å². The van der Waals surface area contributed by atoms with Gasteiger partial charge in [-0.2, -0.15) is 0 Å². The average Bonchev–Trinajstić information content (AvgIpc) is 3.13. The minimum Gasteiger partial charge on any atom is -0.336 e. The SMILES string of the molecule is Cc1ccc([C@@H]2CN(C(=O)c3cc4c([nH]c3=O)CCCC4)C[C@H]2N(C)C)cc1. The van der Waals surface area contributed by atoms with Gasteiger partial charge in [0.05, 0.1) is 0 Å². The molecule has 1 saturated heterocycles. The Bertz CT molecular complexity index is 930. The quantitative estimate of drug-likeness (QED) is 0.892. The van der Waals surface area contributed by atoms with Crippen molar-refractivity contribution in [3.8, 4) is 0 Å². The lowest BCUT2D eigenvalue weighted by Crippen LogP contribution is -2.37. The van der Waals surface area contributed by atoms with Crippen molar-refractivity contribution in [2.24, 2.45) is 0 Å². The Labute approximate surface area is 166 Å². The number of likely N-dealkylation sites (tertiary alicyclic amines) is 1. The van der Waals surface area contributed by atoms with Crippen LogP contribution < -0.4 is 5.56 Å². The zero-order chi connectivity index (χ0) is 19.8. The van der Waals surface area contributed by atoms with Crippen LogP contribution in [0.1, 0.15) is 51.5 Å². The number of amides is 1. The molecule has 1 aliphatic carbocycles. The second-order valence-corrected chi connectivity index (χ2v) is 8.48. The zero-order valence-electron chi connectivity index (χ0n) is 17.0. The number of fused-ring (bicyclic) bond motifs is 1. The molecule has 0 spiro atoms. The molecule has 148 valence electrons. The number of nitrogens with one attached hydrogen (secondary N) is 1. The van der Waals surface area contributed by atoms with Crippen LogP contribution in [0.2, 0.25) is 0 Å². The normalized spacial score (nSPS) is 21.8. The molecule has 2 aromatic rings. The van der Waals surface area contributed by atoms with E-state index < -0.39 is 0 Å². The number of hydrogen-bond donors (Lipinski definition) is 1. The van der Waals surface area contributed by atoms with Crippen LogP contribution in [0.25, 0.3) is 0 Å². The molecule has 1 aromatic carbocycles. The number of nitrogens with zero attached hydrogens (tertiary/aromatic N) is 2. The Hall–Kier alpha value is -2.40. The standard InChI is InChI=1S/C23H29N3O2/c1-15-8-10-16(11-9-15)19-13-26(14-21(19)25(2)3)23(28)18-12-17-6-4-5-7-20(17)24-22(18)27/h8-12,19,21H,4-7,13-14H2,1-3H3,(H,24,27)/t19-,21+/m0/s1. The van der Waals surface area contributed by atoms with Crippen LogP contribution >= 0.6 is 0 Å². The maximum absolute atomic E-state index is 13.2. The third-order valence-corrected chi connectivity index (χ3v) is 6.31. The number of likely N-dealkylation sites (N-methyl/N-ethyl adjacent to an activating group) is 1. The largest absolute Gasteiger partial charge is 0.336 e. The Morgan fingerprint density at radius 1 is 1.11 bits per heavy atom. The van der Waals surface area contributed by atoms with E-state index in [9.17, 15) is 9.59 Å². The molecule has 0 saturated carbocycles. The number of H-pyrrole nitrogens is 1. The molecule has 2 atom stereocenters. The summed E-state index contributed by atoms with van der Waals surface area (Å²) in [7, 11) is 4.12. The first-order valence-electron chi connectivity index (χ1n) is 10.2. The summed E-state index contributed by atoms with van der Waals surface area (Å²) in [6.07, 6.45) is 4.07. The van der Waals surface area contributed by atoms with E-state index in [0.717, 1.165) is 36.9 Å². The van der Waals surface area contributed by atoms with Crippen molar-refractivity contribution in [1.29, 1.82) is 0 Å². The van der Waals surface area contributed by atoms with Crippen molar-refractivity contribution in [2.45, 2.75) is 44.6 Å². The van der Waals surface area contributed by atoms with Crippen molar-refractivity contribution < 1.29 is 4.79 Å². The Morgan fingerprint density at radius 3 is 2.54 bits per heavy atom. The lowest BCUT2D eigenvalue weighted by atomic mass is 9.93. The van der Waals surface area contributed by atoms with Crippen LogP contribution in [0.4, 0.5) is 0 Å². The highest BCUT2D eigenvalue weighted by atomic mass is 16.2. The highest BCUT2D eigenvalue weighted by Gasteiger charge is 2.38. The summed E-state index contributed by atoms with van der Waals surface area (Å²) in [6, 6.07) is 10.7. The highest BCUT2D eigenvalue weighted by molar-refractivity contribution is 5.94. The number of rotatable bonds is 3. The van der Waals surface area contributed by atoms with Gasteiger partial charge < -0.3 is 14.8 Å². The fourth-order valence-electron chi connectivity index (χ4n) is 4.62. The molecule has 28 heavy (non-hydrogen) atoms. The smallest absolute Gasteiger partial charge is 0.261 e. The molecule has 5 heteroatoms. The van der Waals surface area contributed by atoms with Gasteiger partial charge >= 0.3 is 0 Å². The van der Waals surface area contributed by atoms with Crippen LogP contribution in [0, 0.1) is 6.92 Å². The third kappa shape index (κ3) is 3.51. The average molecular weight is 380 g/mol. The first-order chi connectivity index (χ1) is 13.4. The van der Waals surface area contributed by atoms with E-state index in [1.165, 1.54) is 11.1 Å². The minimum atomic E-state index is -0.245. The Morgan fingerprint density at radius 2 is 1.82 bits per heavy atom. The maximum atomic E-state index is 13.2. The van der Waals surface area contributed by atoms with Gasteiger partial charge in [-0.1, -0.05) is 29.8 Å². The topological polar surface area (TPSA) is 56.4 Å². The summed E-state index contributed by atoms with van der Waals surface area (Å²) in [5.74, 6) is 0.104. The van der Waals surface area contributed by atoms with E-state index in [1.807, 2.05) is 11.0 Å². The molecule has 1 amide bonds. The fourth-order valence-corrected chi connectivity index (χ4v) is 4.62. The van der Waals surface area contributed by atoms with Gasteiger partial charge in [0.2, 0.25) is 0 Å². The van der Waals surface area contributed by atoms with Crippen LogP contribution in [0.15, 0.2) is 35.1 Å². The second kappa shape index (κ2) is 7.55. The number of pyridine rings is 1. The van der Waals surface area contributed by atoms with Crippen molar-refractivity contribution in [3.05, 3.63) is 68.6 Å². The number of carbonyl (C=O) groups excluding carboxylic acids is 1. The monoisotopic (exact) mass is 379 g/mol. The van der Waals surface area contributed by atoms with Crippen molar-refractivity contribution in [3.63, 3.8) is 0 Å². The Kier molecular flexibility index (Phi) is 5.11.